The molecule has 4 rings (SSSR count). The number of benzene rings is 2. The second-order valence-electron chi connectivity index (χ2n) is 7.79. The zero-order valence-corrected chi connectivity index (χ0v) is 17.5. The Balaban J connectivity index is 1.42. The molecule has 1 atom stereocenters. The topological polar surface area (TPSA) is 74.3 Å². The molecule has 1 aromatic heterocycles. The summed E-state index contributed by atoms with van der Waals surface area (Å²) in [6.07, 6.45) is 5.97. The number of anilines is 2. The Morgan fingerprint density at radius 3 is 2.86 bits per heavy atom. The van der Waals surface area contributed by atoms with Crippen LogP contribution in [0.15, 0.2) is 54.9 Å². The Hall–Kier alpha value is -2.64. The number of aryl methyl sites for hydroxylation is 1. The van der Waals surface area contributed by atoms with Crippen LogP contribution < -0.4 is 10.0 Å². The predicted molar refractivity (Wildman–Crippen MR) is 119 cm³/mol. The van der Waals surface area contributed by atoms with E-state index in [2.05, 4.69) is 44.2 Å². The van der Waals surface area contributed by atoms with E-state index in [-0.39, 0.29) is 0 Å². The van der Waals surface area contributed by atoms with E-state index in [9.17, 15) is 8.42 Å². The molecule has 0 amide bonds. The predicted octanol–water partition coefficient (Wildman–Crippen LogP) is 3.60. The Morgan fingerprint density at radius 2 is 2.03 bits per heavy atom. The van der Waals surface area contributed by atoms with Crippen LogP contribution in [0, 0.1) is 6.92 Å². The van der Waals surface area contributed by atoms with Crippen molar-refractivity contribution in [1.29, 1.82) is 0 Å². The molecule has 2 aromatic carbocycles. The van der Waals surface area contributed by atoms with Crippen molar-refractivity contribution in [3.05, 3.63) is 66.0 Å². The van der Waals surface area contributed by atoms with E-state index in [4.69, 9.17) is 0 Å². The largest absolute Gasteiger partial charge is 0.380 e. The maximum Gasteiger partial charge on any atom is 0.229 e. The number of sulfonamides is 1. The molecule has 1 unspecified atom stereocenters. The molecule has 152 valence electrons. The van der Waals surface area contributed by atoms with E-state index >= 15 is 0 Å². The molecule has 0 aliphatic carbocycles. The Morgan fingerprint density at radius 1 is 1.17 bits per heavy atom. The highest BCUT2D eigenvalue weighted by atomic mass is 32.2. The van der Waals surface area contributed by atoms with Gasteiger partial charge >= 0.3 is 0 Å². The molecule has 0 bridgehead atoms. The Kier molecular flexibility index (Phi) is 5.43. The van der Waals surface area contributed by atoms with Crippen LogP contribution in [0.25, 0.3) is 10.8 Å². The van der Waals surface area contributed by atoms with Crippen molar-refractivity contribution in [3.8, 4) is 0 Å². The molecule has 1 aliphatic heterocycles. The zero-order valence-electron chi connectivity index (χ0n) is 16.7. The summed E-state index contributed by atoms with van der Waals surface area (Å²) in [5.74, 6) is 0. The van der Waals surface area contributed by atoms with Crippen molar-refractivity contribution in [3.63, 3.8) is 0 Å². The van der Waals surface area contributed by atoms with Gasteiger partial charge in [0.2, 0.25) is 10.0 Å². The van der Waals surface area contributed by atoms with Gasteiger partial charge in [-0.15, -0.1) is 0 Å². The minimum absolute atomic E-state index is 0.382. The maximum absolute atomic E-state index is 11.6. The van der Waals surface area contributed by atoms with E-state index in [1.807, 2.05) is 37.5 Å². The first-order chi connectivity index (χ1) is 13.9. The Labute approximate surface area is 172 Å². The van der Waals surface area contributed by atoms with Crippen LogP contribution in [0.1, 0.15) is 17.5 Å². The zero-order chi connectivity index (χ0) is 20.4. The lowest BCUT2D eigenvalue weighted by atomic mass is 10.1. The molecule has 0 spiro atoms. The van der Waals surface area contributed by atoms with Gasteiger partial charge in [-0.2, -0.15) is 0 Å². The van der Waals surface area contributed by atoms with Crippen LogP contribution in [-0.4, -0.2) is 43.7 Å². The molecule has 1 saturated heterocycles. The van der Waals surface area contributed by atoms with Crippen molar-refractivity contribution in [2.24, 2.45) is 0 Å². The summed E-state index contributed by atoms with van der Waals surface area (Å²) in [5.41, 5.74) is 3.83. The van der Waals surface area contributed by atoms with Gasteiger partial charge in [0.15, 0.2) is 0 Å². The summed E-state index contributed by atoms with van der Waals surface area (Å²) >= 11 is 0. The molecule has 0 radical (unpaired) electrons. The molecular weight excluding hydrogens is 384 g/mol. The van der Waals surface area contributed by atoms with Crippen molar-refractivity contribution in [2.45, 2.75) is 25.9 Å². The molecule has 7 heteroatoms. The van der Waals surface area contributed by atoms with Crippen molar-refractivity contribution >= 4 is 32.2 Å². The van der Waals surface area contributed by atoms with Gasteiger partial charge in [0.25, 0.3) is 0 Å². The van der Waals surface area contributed by atoms with Gasteiger partial charge in [0.05, 0.1) is 11.9 Å². The summed E-state index contributed by atoms with van der Waals surface area (Å²) in [6.45, 7) is 4.67. The second-order valence-corrected chi connectivity index (χ2v) is 9.54. The number of hydrogen-bond acceptors (Lipinski definition) is 5. The van der Waals surface area contributed by atoms with Crippen LogP contribution >= 0.6 is 0 Å². The summed E-state index contributed by atoms with van der Waals surface area (Å²) in [4.78, 5) is 6.60. The van der Waals surface area contributed by atoms with Gasteiger partial charge in [-0.25, -0.2) is 8.42 Å². The van der Waals surface area contributed by atoms with Gasteiger partial charge in [-0.05, 0) is 42.7 Å². The smallest absolute Gasteiger partial charge is 0.229 e. The SMILES string of the molecule is Cc1ccc(CN2CCC(Nc3cccc4cnccc34)C2)cc1NS(C)(=O)=O. The number of likely N-dealkylation sites (tertiary alicyclic amines) is 1. The average Bonchev–Trinajstić information content (AvgIpc) is 3.10. The van der Waals surface area contributed by atoms with Crippen molar-refractivity contribution < 1.29 is 8.42 Å². The van der Waals surface area contributed by atoms with Crippen molar-refractivity contribution in [1.82, 2.24) is 9.88 Å². The Bertz CT molecular complexity index is 1130. The van der Waals surface area contributed by atoms with Gasteiger partial charge in [0.1, 0.15) is 0 Å². The normalized spacial score (nSPS) is 17.5. The molecule has 2 heterocycles. The summed E-state index contributed by atoms with van der Waals surface area (Å²) in [5, 5.41) is 6.02. The molecular formula is C22H26N4O2S. The fourth-order valence-corrected chi connectivity index (χ4v) is 4.52. The third kappa shape index (κ3) is 4.86. The number of hydrogen-bond donors (Lipinski definition) is 2. The van der Waals surface area contributed by atoms with Crippen LogP contribution in [0.3, 0.4) is 0 Å². The van der Waals surface area contributed by atoms with Crippen LogP contribution in [0.2, 0.25) is 0 Å². The number of rotatable bonds is 6. The minimum Gasteiger partial charge on any atom is -0.380 e. The average molecular weight is 411 g/mol. The first-order valence-electron chi connectivity index (χ1n) is 9.76. The highest BCUT2D eigenvalue weighted by molar-refractivity contribution is 7.92. The summed E-state index contributed by atoms with van der Waals surface area (Å²) in [6, 6.07) is 14.7. The number of aromatic nitrogens is 1. The lowest BCUT2D eigenvalue weighted by Crippen LogP contribution is -2.26. The number of nitrogens with one attached hydrogen (secondary N) is 2. The number of nitrogens with zero attached hydrogens (tertiary/aromatic N) is 2. The van der Waals surface area contributed by atoms with E-state index in [0.29, 0.717) is 11.7 Å². The van der Waals surface area contributed by atoms with Crippen molar-refractivity contribution in [2.75, 3.05) is 29.4 Å². The van der Waals surface area contributed by atoms with Crippen LogP contribution in [-0.2, 0) is 16.6 Å². The first kappa shape index (κ1) is 19.7. The molecule has 29 heavy (non-hydrogen) atoms. The first-order valence-corrected chi connectivity index (χ1v) is 11.7. The third-order valence-corrected chi connectivity index (χ3v) is 5.91. The third-order valence-electron chi connectivity index (χ3n) is 5.32. The van der Waals surface area contributed by atoms with E-state index in [1.54, 1.807) is 0 Å². The summed E-state index contributed by atoms with van der Waals surface area (Å²) in [7, 11) is -3.28. The van der Waals surface area contributed by atoms with Gasteiger partial charge in [-0.3, -0.25) is 14.6 Å². The van der Waals surface area contributed by atoms with Gasteiger partial charge in [0, 0.05) is 54.5 Å². The van der Waals surface area contributed by atoms with Crippen LogP contribution in [0.5, 0.6) is 0 Å². The fourth-order valence-electron chi connectivity index (χ4n) is 3.90. The lowest BCUT2D eigenvalue weighted by Gasteiger charge is -2.19. The fraction of sp³-hybridized carbons (Fsp3) is 0.318. The van der Waals surface area contributed by atoms with E-state index in [1.165, 1.54) is 11.6 Å². The van der Waals surface area contributed by atoms with E-state index < -0.39 is 10.0 Å². The molecule has 6 nitrogen and oxygen atoms in total. The quantitative estimate of drug-likeness (QED) is 0.649. The second kappa shape index (κ2) is 8.00. The molecule has 1 fully saturated rings. The highest BCUT2D eigenvalue weighted by Gasteiger charge is 2.23. The van der Waals surface area contributed by atoms with Crippen LogP contribution in [0.4, 0.5) is 11.4 Å². The summed E-state index contributed by atoms with van der Waals surface area (Å²) < 4.78 is 25.8. The molecule has 1 aliphatic rings. The number of fused-ring (bicyclic) bond motifs is 1. The molecule has 3 aromatic rings. The van der Waals surface area contributed by atoms with Gasteiger partial charge < -0.3 is 5.32 Å². The maximum atomic E-state index is 11.6. The standard InChI is InChI=1S/C22H26N4O2S/c1-16-6-7-17(12-22(16)25-29(2,27)28)14-26-11-9-19(15-26)24-21-5-3-4-18-13-23-10-8-20(18)21/h3-8,10,12-13,19,24-25H,9,11,14-15H2,1-2H3. The van der Waals surface area contributed by atoms with E-state index in [0.717, 1.165) is 48.3 Å². The van der Waals surface area contributed by atoms with Gasteiger partial charge in [-0.1, -0.05) is 24.3 Å². The highest BCUT2D eigenvalue weighted by Crippen LogP contribution is 2.26. The monoisotopic (exact) mass is 410 g/mol. The molecule has 0 saturated carbocycles. The molecule has 2 N–H and O–H groups in total. The number of pyridine rings is 1. The lowest BCUT2D eigenvalue weighted by molar-refractivity contribution is 0.329. The minimum atomic E-state index is -3.28.